The lowest BCUT2D eigenvalue weighted by atomic mass is 10.2. The summed E-state index contributed by atoms with van der Waals surface area (Å²) in [6.07, 6.45) is 1.14. The number of anilines is 2. The first-order chi connectivity index (χ1) is 11.9. The van der Waals surface area contributed by atoms with Crippen molar-refractivity contribution in [3.63, 3.8) is 0 Å². The van der Waals surface area contributed by atoms with E-state index in [1.165, 1.54) is 12.1 Å². The fourth-order valence-corrected chi connectivity index (χ4v) is 3.01. The number of rotatable bonds is 5. The molecular weight excluding hydrogens is 344 g/mol. The summed E-state index contributed by atoms with van der Waals surface area (Å²) in [6, 6.07) is 11.4. The molecule has 2 N–H and O–H groups in total. The van der Waals surface area contributed by atoms with E-state index in [0.29, 0.717) is 36.1 Å². The van der Waals surface area contributed by atoms with Crippen LogP contribution in [0.3, 0.4) is 0 Å². The number of hydrogen-bond donors (Lipinski definition) is 2. The van der Waals surface area contributed by atoms with Crippen molar-refractivity contribution in [3.8, 4) is 11.5 Å². The van der Waals surface area contributed by atoms with Crippen molar-refractivity contribution in [3.05, 3.63) is 42.5 Å². The number of carbonyl (C=O) groups is 1. The zero-order valence-electron chi connectivity index (χ0n) is 13.6. The van der Waals surface area contributed by atoms with Crippen molar-refractivity contribution in [2.24, 2.45) is 0 Å². The van der Waals surface area contributed by atoms with E-state index < -0.39 is 9.84 Å². The average molecular weight is 362 g/mol. The van der Waals surface area contributed by atoms with E-state index >= 15 is 0 Å². The van der Waals surface area contributed by atoms with Gasteiger partial charge in [-0.05, 0) is 36.4 Å². The Hall–Kier alpha value is -2.74. The van der Waals surface area contributed by atoms with Crippen LogP contribution in [0, 0.1) is 0 Å². The Morgan fingerprint density at radius 3 is 2.52 bits per heavy atom. The van der Waals surface area contributed by atoms with Gasteiger partial charge in [0.2, 0.25) is 5.91 Å². The normalized spacial score (nSPS) is 13.2. The monoisotopic (exact) mass is 362 g/mol. The van der Waals surface area contributed by atoms with Crippen LogP contribution in [0.15, 0.2) is 47.4 Å². The summed E-state index contributed by atoms with van der Waals surface area (Å²) in [6.45, 7) is 0.999. The van der Waals surface area contributed by atoms with Crippen molar-refractivity contribution in [2.75, 3.05) is 36.6 Å². The number of benzene rings is 2. The predicted octanol–water partition coefficient (Wildman–Crippen LogP) is 1.91. The Morgan fingerprint density at radius 1 is 1.08 bits per heavy atom. The minimum atomic E-state index is -3.25. The topological polar surface area (TPSA) is 93.7 Å². The first-order valence-corrected chi connectivity index (χ1v) is 9.55. The Balaban J connectivity index is 1.60. The molecule has 0 aromatic heterocycles. The second-order valence-corrected chi connectivity index (χ2v) is 7.54. The number of hydrogen-bond acceptors (Lipinski definition) is 6. The lowest BCUT2D eigenvalue weighted by Gasteiger charge is -2.21. The second-order valence-electron chi connectivity index (χ2n) is 5.53. The molecule has 0 unspecified atom stereocenters. The molecule has 0 saturated heterocycles. The molecule has 1 aliphatic heterocycles. The first kappa shape index (κ1) is 17.1. The molecule has 1 heterocycles. The van der Waals surface area contributed by atoms with Crippen molar-refractivity contribution >= 4 is 27.1 Å². The van der Waals surface area contributed by atoms with Gasteiger partial charge in [-0.25, -0.2) is 8.42 Å². The van der Waals surface area contributed by atoms with Crippen LogP contribution in [-0.4, -0.2) is 40.3 Å². The largest absolute Gasteiger partial charge is 0.486 e. The van der Waals surface area contributed by atoms with E-state index in [0.717, 1.165) is 6.26 Å². The summed E-state index contributed by atoms with van der Waals surface area (Å²) in [4.78, 5) is 12.3. The molecule has 0 fully saturated rings. The standard InChI is InChI=1S/C17H18N2O5S/c1-25(21,22)13-7-5-12(6-8-13)19-16(20)11-18-14-3-2-4-15-17(14)24-10-9-23-15/h2-8,18H,9-11H2,1H3,(H,19,20). The van der Waals surface area contributed by atoms with Crippen LogP contribution in [0.5, 0.6) is 11.5 Å². The molecule has 1 amide bonds. The van der Waals surface area contributed by atoms with Crippen molar-refractivity contribution in [1.29, 1.82) is 0 Å². The van der Waals surface area contributed by atoms with Gasteiger partial charge in [0.05, 0.1) is 17.1 Å². The summed E-state index contributed by atoms with van der Waals surface area (Å²) in [7, 11) is -3.25. The zero-order chi connectivity index (χ0) is 17.9. The molecule has 0 bridgehead atoms. The summed E-state index contributed by atoms with van der Waals surface area (Å²) in [5, 5.41) is 5.72. The third-order valence-electron chi connectivity index (χ3n) is 3.57. The lowest BCUT2D eigenvalue weighted by Crippen LogP contribution is -2.23. The molecule has 25 heavy (non-hydrogen) atoms. The third-order valence-corrected chi connectivity index (χ3v) is 4.70. The number of fused-ring (bicyclic) bond motifs is 1. The third kappa shape index (κ3) is 4.21. The van der Waals surface area contributed by atoms with Crippen molar-refractivity contribution in [2.45, 2.75) is 4.90 Å². The van der Waals surface area contributed by atoms with Gasteiger partial charge in [0.15, 0.2) is 21.3 Å². The average Bonchev–Trinajstić information content (AvgIpc) is 2.59. The molecule has 0 spiro atoms. The van der Waals surface area contributed by atoms with E-state index in [2.05, 4.69) is 10.6 Å². The number of carbonyl (C=O) groups excluding carboxylic acids is 1. The number of para-hydroxylation sites is 1. The van der Waals surface area contributed by atoms with Gasteiger partial charge in [0.25, 0.3) is 0 Å². The molecular formula is C17H18N2O5S. The van der Waals surface area contributed by atoms with Gasteiger partial charge in [-0.1, -0.05) is 6.07 Å². The van der Waals surface area contributed by atoms with Gasteiger partial charge >= 0.3 is 0 Å². The van der Waals surface area contributed by atoms with Crippen molar-refractivity contribution in [1.82, 2.24) is 0 Å². The molecule has 0 saturated carbocycles. The van der Waals surface area contributed by atoms with Gasteiger partial charge in [0, 0.05) is 11.9 Å². The summed E-state index contributed by atoms with van der Waals surface area (Å²) in [5.41, 5.74) is 1.20. The highest BCUT2D eigenvalue weighted by Crippen LogP contribution is 2.37. The number of amides is 1. The quantitative estimate of drug-likeness (QED) is 0.844. The molecule has 0 radical (unpaired) electrons. The predicted molar refractivity (Wildman–Crippen MR) is 94.1 cm³/mol. The fourth-order valence-electron chi connectivity index (χ4n) is 2.38. The maximum Gasteiger partial charge on any atom is 0.243 e. The lowest BCUT2D eigenvalue weighted by molar-refractivity contribution is -0.114. The Kier molecular flexibility index (Phi) is 4.80. The summed E-state index contributed by atoms with van der Waals surface area (Å²) < 4.78 is 33.9. The Morgan fingerprint density at radius 2 is 1.80 bits per heavy atom. The van der Waals surface area contributed by atoms with E-state index in [1.54, 1.807) is 12.1 Å². The van der Waals surface area contributed by atoms with Gasteiger partial charge in [0.1, 0.15) is 13.2 Å². The van der Waals surface area contributed by atoms with Gasteiger partial charge in [-0.15, -0.1) is 0 Å². The van der Waals surface area contributed by atoms with Crippen LogP contribution in [0.4, 0.5) is 11.4 Å². The molecule has 3 rings (SSSR count). The maximum atomic E-state index is 12.1. The molecule has 7 nitrogen and oxygen atoms in total. The first-order valence-electron chi connectivity index (χ1n) is 7.66. The number of sulfone groups is 1. The highest BCUT2D eigenvalue weighted by molar-refractivity contribution is 7.90. The van der Waals surface area contributed by atoms with Gasteiger partial charge in [-0.3, -0.25) is 4.79 Å². The van der Waals surface area contributed by atoms with E-state index in [4.69, 9.17) is 9.47 Å². The SMILES string of the molecule is CS(=O)(=O)c1ccc(NC(=O)CNc2cccc3c2OCCO3)cc1. The van der Waals surface area contributed by atoms with Gasteiger partial charge in [-0.2, -0.15) is 0 Å². The van der Waals surface area contributed by atoms with Crippen LogP contribution in [-0.2, 0) is 14.6 Å². The molecule has 2 aromatic carbocycles. The number of ether oxygens (including phenoxy) is 2. The zero-order valence-corrected chi connectivity index (χ0v) is 14.4. The Labute approximate surface area is 145 Å². The summed E-state index contributed by atoms with van der Waals surface area (Å²) in [5.74, 6) is 0.980. The van der Waals surface area contributed by atoms with Gasteiger partial charge < -0.3 is 20.1 Å². The summed E-state index contributed by atoms with van der Waals surface area (Å²) >= 11 is 0. The highest BCUT2D eigenvalue weighted by Gasteiger charge is 2.16. The highest BCUT2D eigenvalue weighted by atomic mass is 32.2. The molecule has 1 aliphatic rings. The number of nitrogens with one attached hydrogen (secondary N) is 2. The van der Waals surface area contributed by atoms with Crippen LogP contribution in [0.25, 0.3) is 0 Å². The van der Waals surface area contributed by atoms with E-state index in [-0.39, 0.29) is 17.3 Å². The minimum Gasteiger partial charge on any atom is -0.486 e. The maximum absolute atomic E-state index is 12.1. The second kappa shape index (κ2) is 7.02. The fraction of sp³-hybridized carbons (Fsp3) is 0.235. The van der Waals surface area contributed by atoms with Crippen LogP contribution in [0.2, 0.25) is 0 Å². The Bertz CT molecular complexity index is 878. The molecule has 2 aromatic rings. The van der Waals surface area contributed by atoms with Crippen LogP contribution >= 0.6 is 0 Å². The molecule has 132 valence electrons. The minimum absolute atomic E-state index is 0.0354. The van der Waals surface area contributed by atoms with Crippen LogP contribution in [0.1, 0.15) is 0 Å². The van der Waals surface area contributed by atoms with E-state index in [1.807, 2.05) is 18.2 Å². The molecule has 0 atom stereocenters. The van der Waals surface area contributed by atoms with Crippen molar-refractivity contribution < 1.29 is 22.7 Å². The van der Waals surface area contributed by atoms with Crippen LogP contribution < -0.4 is 20.1 Å². The molecule has 8 heteroatoms. The smallest absolute Gasteiger partial charge is 0.243 e. The van der Waals surface area contributed by atoms with E-state index in [9.17, 15) is 13.2 Å². The molecule has 0 aliphatic carbocycles.